The van der Waals surface area contributed by atoms with Gasteiger partial charge < -0.3 is 9.47 Å². The molecule has 1 spiro atoms. The van der Waals surface area contributed by atoms with Gasteiger partial charge in [0.1, 0.15) is 13.9 Å². The van der Waals surface area contributed by atoms with Crippen molar-refractivity contribution in [3.63, 3.8) is 0 Å². The molecule has 1 aliphatic heterocycles. The Balaban J connectivity index is 1.82. The van der Waals surface area contributed by atoms with Crippen LogP contribution in [0.4, 0.5) is 0 Å². The summed E-state index contributed by atoms with van der Waals surface area (Å²) in [5.74, 6) is 3.52. The first-order valence-corrected chi connectivity index (χ1v) is 13.5. The summed E-state index contributed by atoms with van der Waals surface area (Å²) in [6, 6.07) is 0. The third-order valence-electron chi connectivity index (χ3n) is 6.02. The number of Topliss-reactive ketones (excluding diaryl/α,β-unsaturated/α-hetero) is 1. The van der Waals surface area contributed by atoms with Crippen LogP contribution in [0.1, 0.15) is 65.2 Å². The highest BCUT2D eigenvalue weighted by molar-refractivity contribution is 6.83. The summed E-state index contributed by atoms with van der Waals surface area (Å²) in [6.07, 6.45) is 8.02. The fourth-order valence-corrected chi connectivity index (χ4v) is 5.88. The molecule has 3 rings (SSSR count). The summed E-state index contributed by atoms with van der Waals surface area (Å²) in [4.78, 5) is 12.8. The summed E-state index contributed by atoms with van der Waals surface area (Å²) >= 11 is 0. The highest BCUT2D eigenvalue weighted by Crippen LogP contribution is 2.56. The van der Waals surface area contributed by atoms with Crippen molar-refractivity contribution < 1.29 is 14.3 Å². The third kappa shape index (κ3) is 4.04. The van der Waals surface area contributed by atoms with E-state index in [0.29, 0.717) is 5.78 Å². The molecule has 0 amide bonds. The molecule has 0 bridgehead atoms. The van der Waals surface area contributed by atoms with E-state index in [1.54, 1.807) is 0 Å². The van der Waals surface area contributed by atoms with E-state index in [4.69, 9.17) is 9.47 Å². The Morgan fingerprint density at radius 3 is 2.52 bits per heavy atom. The number of rotatable bonds is 2. The largest absolute Gasteiger partial charge is 0.347 e. The molecule has 1 heterocycles. The van der Waals surface area contributed by atoms with Crippen molar-refractivity contribution >= 4 is 13.9 Å². The van der Waals surface area contributed by atoms with E-state index in [1.807, 2.05) is 13.8 Å². The number of ether oxygens (including phenoxy) is 2. The van der Waals surface area contributed by atoms with Crippen LogP contribution in [0.3, 0.4) is 0 Å². The SMILES string of the molecule is CC1(C)O[C@@H](CCC#C[Si](C)(C)C)[C@H]2[C@@H](CCC[C@@]23CCCC3=O)O1. The standard InChI is InChI=1S/C21H34O3Si/c1-20(2)23-16(10-6-7-15-25(3,4)5)19-17(24-20)11-8-13-21(19)14-9-12-18(21)22/h16-17,19H,6,8-14H2,1-5H3/t16-,17+,19-,21-/m0/s1. The maximum atomic E-state index is 12.8. The zero-order valence-corrected chi connectivity index (χ0v) is 17.6. The second-order valence-electron chi connectivity index (χ2n) is 9.65. The van der Waals surface area contributed by atoms with Gasteiger partial charge in [0.15, 0.2) is 5.79 Å². The summed E-state index contributed by atoms with van der Waals surface area (Å²) in [5, 5.41) is 0. The number of ketones is 1. The lowest BCUT2D eigenvalue weighted by Crippen LogP contribution is -2.59. The van der Waals surface area contributed by atoms with Crippen LogP contribution in [0.5, 0.6) is 0 Å². The predicted molar refractivity (Wildman–Crippen MR) is 103 cm³/mol. The highest BCUT2D eigenvalue weighted by Gasteiger charge is 2.58. The van der Waals surface area contributed by atoms with Crippen LogP contribution < -0.4 is 0 Å². The zero-order valence-electron chi connectivity index (χ0n) is 16.6. The van der Waals surface area contributed by atoms with Crippen LogP contribution in [-0.4, -0.2) is 31.9 Å². The lowest BCUT2D eigenvalue weighted by atomic mass is 9.60. The van der Waals surface area contributed by atoms with E-state index < -0.39 is 13.9 Å². The molecule has 2 saturated carbocycles. The lowest BCUT2D eigenvalue weighted by Gasteiger charge is -2.54. The van der Waals surface area contributed by atoms with Crippen LogP contribution in [-0.2, 0) is 14.3 Å². The van der Waals surface area contributed by atoms with Crippen LogP contribution in [0.15, 0.2) is 0 Å². The Bertz CT molecular complexity index is 580. The molecule has 1 saturated heterocycles. The number of carbonyl (C=O) groups excluding carboxylic acids is 1. The minimum Gasteiger partial charge on any atom is -0.347 e. The number of hydrogen-bond acceptors (Lipinski definition) is 3. The van der Waals surface area contributed by atoms with E-state index in [2.05, 4.69) is 31.1 Å². The third-order valence-corrected chi connectivity index (χ3v) is 6.95. The van der Waals surface area contributed by atoms with Gasteiger partial charge >= 0.3 is 0 Å². The molecule has 4 heteroatoms. The van der Waals surface area contributed by atoms with Gasteiger partial charge in [0.2, 0.25) is 0 Å². The molecule has 0 unspecified atom stereocenters. The Morgan fingerprint density at radius 1 is 1.16 bits per heavy atom. The maximum absolute atomic E-state index is 12.8. The monoisotopic (exact) mass is 362 g/mol. The van der Waals surface area contributed by atoms with Gasteiger partial charge in [-0.2, -0.15) is 0 Å². The van der Waals surface area contributed by atoms with Crippen molar-refractivity contribution in [2.75, 3.05) is 0 Å². The molecule has 0 radical (unpaired) electrons. The summed E-state index contributed by atoms with van der Waals surface area (Å²) in [6.45, 7) is 10.9. The van der Waals surface area contributed by atoms with E-state index in [1.165, 1.54) is 0 Å². The fourth-order valence-electron chi connectivity index (χ4n) is 5.23. The molecule has 25 heavy (non-hydrogen) atoms. The smallest absolute Gasteiger partial charge is 0.163 e. The zero-order chi connectivity index (χ0) is 18.3. The summed E-state index contributed by atoms with van der Waals surface area (Å²) in [7, 11) is -1.33. The van der Waals surface area contributed by atoms with Crippen molar-refractivity contribution in [1.82, 2.24) is 0 Å². The van der Waals surface area contributed by atoms with Gasteiger partial charge in [-0.05, 0) is 52.4 Å². The van der Waals surface area contributed by atoms with Crippen molar-refractivity contribution in [3.05, 3.63) is 0 Å². The number of hydrogen-bond donors (Lipinski definition) is 0. The van der Waals surface area contributed by atoms with E-state index in [0.717, 1.165) is 51.4 Å². The van der Waals surface area contributed by atoms with Crippen molar-refractivity contribution in [2.45, 2.75) is 103 Å². The quantitative estimate of drug-likeness (QED) is 0.527. The minimum absolute atomic E-state index is 0.0898. The van der Waals surface area contributed by atoms with Gasteiger partial charge in [0.25, 0.3) is 0 Å². The molecule has 0 aromatic heterocycles. The maximum Gasteiger partial charge on any atom is 0.163 e. The average molecular weight is 363 g/mol. The topological polar surface area (TPSA) is 35.5 Å². The van der Waals surface area contributed by atoms with Gasteiger partial charge in [-0.15, -0.1) is 11.5 Å². The molecule has 4 atom stereocenters. The van der Waals surface area contributed by atoms with Crippen LogP contribution in [0.25, 0.3) is 0 Å². The van der Waals surface area contributed by atoms with Gasteiger partial charge in [-0.1, -0.05) is 19.6 Å². The molecule has 3 fully saturated rings. The Labute approximate surface area is 154 Å². The molecule has 0 N–H and O–H groups in total. The highest BCUT2D eigenvalue weighted by atomic mass is 28.3. The second kappa shape index (κ2) is 6.83. The van der Waals surface area contributed by atoms with E-state index >= 15 is 0 Å². The molecule has 0 aromatic rings. The Hall–Kier alpha value is -0.633. The van der Waals surface area contributed by atoms with Crippen LogP contribution in [0, 0.1) is 22.8 Å². The molecule has 3 nitrogen and oxygen atoms in total. The van der Waals surface area contributed by atoms with Crippen LogP contribution >= 0.6 is 0 Å². The minimum atomic E-state index is -1.33. The van der Waals surface area contributed by atoms with Gasteiger partial charge in [0.05, 0.1) is 12.2 Å². The van der Waals surface area contributed by atoms with Crippen LogP contribution in [0.2, 0.25) is 19.6 Å². The van der Waals surface area contributed by atoms with Gasteiger partial charge in [-0.3, -0.25) is 4.79 Å². The predicted octanol–water partition coefficient (Wildman–Crippen LogP) is 4.71. The number of carbonyl (C=O) groups is 1. The fraction of sp³-hybridized carbons (Fsp3) is 0.857. The molecule has 140 valence electrons. The van der Waals surface area contributed by atoms with Crippen molar-refractivity contribution in [1.29, 1.82) is 0 Å². The van der Waals surface area contributed by atoms with Crippen molar-refractivity contribution in [3.8, 4) is 11.5 Å². The summed E-state index contributed by atoms with van der Waals surface area (Å²) < 4.78 is 12.7. The molecular formula is C21H34O3Si. The Morgan fingerprint density at radius 2 is 1.88 bits per heavy atom. The molecular weight excluding hydrogens is 328 g/mol. The second-order valence-corrected chi connectivity index (χ2v) is 14.4. The Kier molecular flexibility index (Phi) is 5.23. The molecule has 0 aromatic carbocycles. The molecule has 2 aliphatic carbocycles. The first-order valence-electron chi connectivity index (χ1n) is 10.0. The van der Waals surface area contributed by atoms with Gasteiger partial charge in [0, 0.05) is 24.2 Å². The van der Waals surface area contributed by atoms with Gasteiger partial charge in [-0.25, -0.2) is 0 Å². The molecule has 3 aliphatic rings. The average Bonchev–Trinajstić information content (AvgIpc) is 2.82. The van der Waals surface area contributed by atoms with Crippen molar-refractivity contribution in [2.24, 2.45) is 11.3 Å². The van der Waals surface area contributed by atoms with E-state index in [-0.39, 0.29) is 23.5 Å². The van der Waals surface area contributed by atoms with E-state index in [9.17, 15) is 4.79 Å². The first kappa shape index (κ1) is 19.1. The first-order chi connectivity index (χ1) is 11.6. The summed E-state index contributed by atoms with van der Waals surface area (Å²) in [5.41, 5.74) is 3.27. The normalized spacial score (nSPS) is 37.5. The number of fused-ring (bicyclic) bond motifs is 2. The lowest BCUT2D eigenvalue weighted by molar-refractivity contribution is -0.340.